The second-order valence-corrected chi connectivity index (χ2v) is 9.83. The fourth-order valence-electron chi connectivity index (χ4n) is 4.71. The van der Waals surface area contributed by atoms with Gasteiger partial charge in [0.2, 0.25) is 0 Å². The number of imidazole rings is 1. The van der Waals surface area contributed by atoms with Gasteiger partial charge >= 0.3 is 12.1 Å². The number of aromatic nitrogens is 3. The molecule has 1 saturated carbocycles. The Morgan fingerprint density at radius 2 is 1.91 bits per heavy atom. The molecule has 0 aromatic carbocycles. The van der Waals surface area contributed by atoms with Crippen molar-refractivity contribution < 1.29 is 23.1 Å². The minimum atomic E-state index is -4.58. The van der Waals surface area contributed by atoms with E-state index >= 15 is 0 Å². The van der Waals surface area contributed by atoms with Crippen LogP contribution in [0.5, 0.6) is 0 Å². The fraction of sp³-hybridized carbons (Fsp3) is 0.435. The van der Waals surface area contributed by atoms with Crippen molar-refractivity contribution in [1.29, 1.82) is 0 Å². The molecular formula is C23H22F3N3O3. The van der Waals surface area contributed by atoms with E-state index in [4.69, 9.17) is 0 Å². The molecular weight excluding hydrogens is 423 g/mol. The molecule has 3 aromatic heterocycles. The number of nitrogens with zero attached hydrogens (tertiary/aromatic N) is 2. The van der Waals surface area contributed by atoms with Crippen LogP contribution in [0.4, 0.5) is 13.2 Å². The third kappa shape index (κ3) is 3.13. The molecule has 3 aromatic rings. The fourth-order valence-corrected chi connectivity index (χ4v) is 4.71. The molecule has 0 spiro atoms. The lowest BCUT2D eigenvalue weighted by Gasteiger charge is -2.35. The Hall–Kier alpha value is -3.10. The molecule has 2 aliphatic rings. The number of alkyl halides is 3. The van der Waals surface area contributed by atoms with Gasteiger partial charge in [0.05, 0.1) is 17.0 Å². The van der Waals surface area contributed by atoms with Gasteiger partial charge < -0.3 is 14.5 Å². The zero-order valence-electron chi connectivity index (χ0n) is 17.8. The first-order chi connectivity index (χ1) is 14.9. The third-order valence-corrected chi connectivity index (χ3v) is 6.55. The molecule has 32 heavy (non-hydrogen) atoms. The number of carboxylic acid groups (broad SMARTS) is 1. The monoisotopic (exact) mass is 445 g/mol. The van der Waals surface area contributed by atoms with E-state index in [0.717, 1.165) is 12.8 Å². The first kappa shape index (κ1) is 20.8. The summed E-state index contributed by atoms with van der Waals surface area (Å²) in [6.07, 6.45) is -0.740. The van der Waals surface area contributed by atoms with Crippen LogP contribution < -0.4 is 5.56 Å². The van der Waals surface area contributed by atoms with E-state index in [2.05, 4.69) is 9.97 Å². The van der Waals surface area contributed by atoms with Gasteiger partial charge in [0, 0.05) is 6.20 Å². The highest BCUT2D eigenvalue weighted by molar-refractivity contribution is 5.88. The summed E-state index contributed by atoms with van der Waals surface area (Å²) >= 11 is 0. The second kappa shape index (κ2) is 6.46. The quantitative estimate of drug-likeness (QED) is 0.583. The van der Waals surface area contributed by atoms with Gasteiger partial charge in [0.25, 0.3) is 5.56 Å². The van der Waals surface area contributed by atoms with Crippen LogP contribution in [0.15, 0.2) is 23.1 Å². The number of aromatic carboxylic acids is 1. The van der Waals surface area contributed by atoms with Crippen molar-refractivity contribution in [2.75, 3.05) is 0 Å². The van der Waals surface area contributed by atoms with Crippen molar-refractivity contribution in [3.05, 3.63) is 56.6 Å². The van der Waals surface area contributed by atoms with Crippen molar-refractivity contribution in [2.24, 2.45) is 5.41 Å². The first-order valence-electron chi connectivity index (χ1n) is 10.5. The standard InChI is InChI=1S/C23H22F3N3O3/c1-22(2,3)14-8-16-18(17-12(14)7-13(21(31)32)20(30)28-17)27-19-15(23(24,25)26)6-11(9-29(16)19)10-4-5-10/h6-7,9-10,14H,4-5,8H2,1-3H3,(H,28,30)(H,31,32)/t14-/m1/s1. The molecule has 1 atom stereocenters. The summed E-state index contributed by atoms with van der Waals surface area (Å²) in [4.78, 5) is 30.9. The molecule has 0 unspecified atom stereocenters. The number of hydrogen-bond acceptors (Lipinski definition) is 3. The number of hydrogen-bond donors (Lipinski definition) is 2. The number of rotatable bonds is 2. The highest BCUT2D eigenvalue weighted by atomic mass is 19.4. The molecule has 2 N–H and O–H groups in total. The van der Waals surface area contributed by atoms with E-state index in [1.165, 1.54) is 16.5 Å². The molecule has 5 rings (SSSR count). The number of carbonyl (C=O) groups is 1. The van der Waals surface area contributed by atoms with Crippen molar-refractivity contribution in [3.63, 3.8) is 0 Å². The first-order valence-corrected chi connectivity index (χ1v) is 10.5. The lowest BCUT2D eigenvalue weighted by atomic mass is 9.70. The van der Waals surface area contributed by atoms with E-state index in [0.29, 0.717) is 28.9 Å². The number of H-pyrrole nitrogens is 1. The lowest BCUT2D eigenvalue weighted by Crippen LogP contribution is -2.29. The summed E-state index contributed by atoms with van der Waals surface area (Å²) in [5.41, 5.74) is -0.144. The van der Waals surface area contributed by atoms with E-state index < -0.39 is 28.8 Å². The van der Waals surface area contributed by atoms with Crippen LogP contribution in [0.25, 0.3) is 17.0 Å². The maximum atomic E-state index is 13.9. The van der Waals surface area contributed by atoms with Gasteiger partial charge in [0.15, 0.2) is 0 Å². The van der Waals surface area contributed by atoms with Gasteiger partial charge in [-0.05, 0) is 59.8 Å². The Bertz CT molecular complexity index is 1340. The zero-order valence-corrected chi connectivity index (χ0v) is 17.8. The summed E-state index contributed by atoms with van der Waals surface area (Å²) in [7, 11) is 0. The van der Waals surface area contributed by atoms with Crippen LogP contribution in [0.2, 0.25) is 0 Å². The summed E-state index contributed by atoms with van der Waals surface area (Å²) < 4.78 is 43.3. The average Bonchev–Trinajstić information content (AvgIpc) is 3.45. The van der Waals surface area contributed by atoms with Crippen LogP contribution in [-0.2, 0) is 12.6 Å². The molecule has 9 heteroatoms. The maximum absolute atomic E-state index is 13.9. The van der Waals surface area contributed by atoms with Gasteiger partial charge in [-0.3, -0.25) is 4.79 Å². The van der Waals surface area contributed by atoms with Gasteiger partial charge in [-0.25, -0.2) is 9.78 Å². The number of halogens is 3. The molecule has 0 saturated heterocycles. The highest BCUT2D eigenvalue weighted by Gasteiger charge is 2.41. The smallest absolute Gasteiger partial charge is 0.419 e. The lowest BCUT2D eigenvalue weighted by molar-refractivity contribution is -0.136. The third-order valence-electron chi connectivity index (χ3n) is 6.55. The molecule has 6 nitrogen and oxygen atoms in total. The van der Waals surface area contributed by atoms with Crippen molar-refractivity contribution in [1.82, 2.24) is 14.4 Å². The highest BCUT2D eigenvalue weighted by Crippen LogP contribution is 2.48. The largest absolute Gasteiger partial charge is 0.477 e. The number of carboxylic acids is 1. The molecule has 0 bridgehead atoms. The predicted octanol–water partition coefficient (Wildman–Crippen LogP) is 4.97. The molecule has 1 fully saturated rings. The Kier molecular flexibility index (Phi) is 4.20. The van der Waals surface area contributed by atoms with Crippen LogP contribution in [0, 0.1) is 5.41 Å². The van der Waals surface area contributed by atoms with Crippen LogP contribution in [-0.4, -0.2) is 25.4 Å². The Labute approximate surface area is 181 Å². The SMILES string of the molecule is CC(C)(C)[C@@H]1Cc2c(nc3c(C(F)(F)F)cc(C4CC4)cn23)-c2[nH]c(=O)c(C(=O)O)cc21. The molecule has 2 aliphatic carbocycles. The van der Waals surface area contributed by atoms with Crippen LogP contribution in [0.1, 0.15) is 78.2 Å². The number of aromatic amines is 1. The number of fused-ring (bicyclic) bond motifs is 5. The Balaban J connectivity index is 1.85. The maximum Gasteiger partial charge on any atom is 0.419 e. The van der Waals surface area contributed by atoms with Crippen molar-refractivity contribution in [3.8, 4) is 11.4 Å². The second-order valence-electron chi connectivity index (χ2n) is 9.83. The summed E-state index contributed by atoms with van der Waals surface area (Å²) in [6.45, 7) is 5.95. The van der Waals surface area contributed by atoms with Gasteiger partial charge in [-0.1, -0.05) is 20.8 Å². The predicted molar refractivity (Wildman–Crippen MR) is 111 cm³/mol. The van der Waals surface area contributed by atoms with Crippen LogP contribution >= 0.6 is 0 Å². The Morgan fingerprint density at radius 3 is 2.47 bits per heavy atom. The van der Waals surface area contributed by atoms with Gasteiger partial charge in [0.1, 0.15) is 16.9 Å². The summed E-state index contributed by atoms with van der Waals surface area (Å²) in [5.74, 6) is -1.46. The molecule has 0 radical (unpaired) electrons. The normalized spacial score (nSPS) is 18.5. The summed E-state index contributed by atoms with van der Waals surface area (Å²) in [5, 5.41) is 9.42. The van der Waals surface area contributed by atoms with Gasteiger partial charge in [-0.2, -0.15) is 13.2 Å². The molecule has 0 aliphatic heterocycles. The van der Waals surface area contributed by atoms with E-state index in [1.807, 2.05) is 20.8 Å². The minimum absolute atomic E-state index is 0.116. The Morgan fingerprint density at radius 1 is 1.22 bits per heavy atom. The topological polar surface area (TPSA) is 87.5 Å². The van der Waals surface area contributed by atoms with Crippen molar-refractivity contribution >= 4 is 11.6 Å². The molecule has 0 amide bonds. The average molecular weight is 445 g/mol. The van der Waals surface area contributed by atoms with E-state index in [9.17, 15) is 27.9 Å². The summed E-state index contributed by atoms with van der Waals surface area (Å²) in [6, 6.07) is 2.53. The number of pyridine rings is 2. The molecule has 3 heterocycles. The van der Waals surface area contributed by atoms with E-state index in [1.54, 1.807) is 6.20 Å². The van der Waals surface area contributed by atoms with Crippen molar-refractivity contribution in [2.45, 2.75) is 58.0 Å². The van der Waals surface area contributed by atoms with Gasteiger partial charge in [-0.15, -0.1) is 0 Å². The minimum Gasteiger partial charge on any atom is -0.477 e. The zero-order chi connectivity index (χ0) is 23.2. The van der Waals surface area contributed by atoms with E-state index in [-0.39, 0.29) is 28.6 Å². The van der Waals surface area contributed by atoms with Crippen LogP contribution in [0.3, 0.4) is 0 Å². The number of nitrogens with one attached hydrogen (secondary N) is 1. The molecule has 168 valence electrons.